The van der Waals surface area contributed by atoms with E-state index >= 15 is 0 Å². The molecule has 1 aromatic rings. The second-order valence-electron chi connectivity index (χ2n) is 4.01. The first-order chi connectivity index (χ1) is 8.95. The van der Waals surface area contributed by atoms with Crippen molar-refractivity contribution in [1.29, 1.82) is 0 Å². The molecule has 1 nitrogen and oxygen atoms in total. The van der Waals surface area contributed by atoms with Crippen LogP contribution in [-0.2, 0) is 0 Å². The van der Waals surface area contributed by atoms with E-state index in [-0.39, 0.29) is 0 Å². The van der Waals surface area contributed by atoms with Gasteiger partial charge in [-0.2, -0.15) is 0 Å². The summed E-state index contributed by atoms with van der Waals surface area (Å²) in [6, 6.07) is 1.98. The van der Waals surface area contributed by atoms with Crippen LogP contribution >= 0.6 is 22.6 Å². The van der Waals surface area contributed by atoms with Crippen molar-refractivity contribution in [1.82, 2.24) is 4.90 Å². The number of hydrogen-bond donors (Lipinski definition) is 0. The number of benzene rings is 1. The highest BCUT2D eigenvalue weighted by atomic mass is 127. The average Bonchev–Trinajstić information content (AvgIpc) is 2.38. The summed E-state index contributed by atoms with van der Waals surface area (Å²) < 4.78 is 40.5. The van der Waals surface area contributed by atoms with Gasteiger partial charge in [0, 0.05) is 27.1 Å². The molecular formula is C14H11F3IN. The van der Waals surface area contributed by atoms with Crippen LogP contribution in [0.4, 0.5) is 13.2 Å². The first-order valence-corrected chi connectivity index (χ1v) is 6.72. The van der Waals surface area contributed by atoms with E-state index in [4.69, 9.17) is 0 Å². The van der Waals surface area contributed by atoms with Gasteiger partial charge in [-0.1, -0.05) is 6.58 Å². The van der Waals surface area contributed by atoms with Crippen LogP contribution in [0.1, 0.15) is 12.5 Å². The Morgan fingerprint density at radius 2 is 1.74 bits per heavy atom. The summed E-state index contributed by atoms with van der Waals surface area (Å²) in [4.78, 5) is 1.83. The molecule has 0 radical (unpaired) electrons. The van der Waals surface area contributed by atoms with Crippen LogP contribution in [-0.4, -0.2) is 11.4 Å². The van der Waals surface area contributed by atoms with Crippen molar-refractivity contribution in [2.75, 3.05) is 6.54 Å². The second kappa shape index (κ2) is 5.40. The van der Waals surface area contributed by atoms with E-state index in [1.807, 2.05) is 17.9 Å². The maximum Gasteiger partial charge on any atom is 0.194 e. The molecule has 1 aromatic carbocycles. The van der Waals surface area contributed by atoms with Crippen LogP contribution in [0.15, 0.2) is 40.1 Å². The fourth-order valence-electron chi connectivity index (χ4n) is 1.93. The number of rotatable bonds is 2. The summed E-state index contributed by atoms with van der Waals surface area (Å²) in [5.41, 5.74) is 1.65. The Hall–Kier alpha value is -1.24. The van der Waals surface area contributed by atoms with Gasteiger partial charge in [-0.05, 0) is 53.8 Å². The molecule has 1 aliphatic rings. The molecule has 0 atom stereocenters. The molecule has 19 heavy (non-hydrogen) atoms. The highest BCUT2D eigenvalue weighted by Gasteiger charge is 2.21. The standard InChI is InChI=1S/C14H11F3IN/c1-3-19-8(2)12(18)4-5-13(19)9-6-10(15)14(17)11(16)7-9/h4-7H,2-3H2,1H3. The van der Waals surface area contributed by atoms with Crippen molar-refractivity contribution in [3.8, 4) is 0 Å². The zero-order valence-corrected chi connectivity index (χ0v) is 12.3. The lowest BCUT2D eigenvalue weighted by Gasteiger charge is -2.30. The van der Waals surface area contributed by atoms with Gasteiger partial charge in [0.1, 0.15) is 0 Å². The zero-order chi connectivity index (χ0) is 14.2. The van der Waals surface area contributed by atoms with Crippen LogP contribution in [0.5, 0.6) is 0 Å². The lowest BCUT2D eigenvalue weighted by molar-refractivity contribution is 0.445. The van der Waals surface area contributed by atoms with E-state index in [0.717, 1.165) is 21.4 Å². The van der Waals surface area contributed by atoms with Crippen LogP contribution < -0.4 is 0 Å². The predicted molar refractivity (Wildman–Crippen MR) is 77.9 cm³/mol. The number of hydrogen-bond acceptors (Lipinski definition) is 1. The van der Waals surface area contributed by atoms with Crippen LogP contribution in [0.25, 0.3) is 5.70 Å². The molecule has 0 unspecified atom stereocenters. The minimum Gasteiger partial charge on any atom is -0.341 e. The number of allylic oxidation sites excluding steroid dienone is 3. The Morgan fingerprint density at radius 1 is 1.16 bits per heavy atom. The average molecular weight is 377 g/mol. The fraction of sp³-hybridized carbons (Fsp3) is 0.143. The Bertz CT molecular complexity index is 582. The molecule has 1 aliphatic heterocycles. The van der Waals surface area contributed by atoms with E-state index in [0.29, 0.717) is 17.8 Å². The van der Waals surface area contributed by atoms with Crippen molar-refractivity contribution in [3.05, 3.63) is 63.2 Å². The minimum absolute atomic E-state index is 0.291. The molecule has 0 N–H and O–H groups in total. The summed E-state index contributed by atoms with van der Waals surface area (Å²) in [6.45, 7) is 6.44. The van der Waals surface area contributed by atoms with Gasteiger partial charge in [0.2, 0.25) is 0 Å². The summed E-state index contributed by atoms with van der Waals surface area (Å²) in [6.07, 6.45) is 3.55. The van der Waals surface area contributed by atoms with E-state index in [2.05, 4.69) is 29.2 Å². The lowest BCUT2D eigenvalue weighted by atomic mass is 10.1. The molecule has 2 rings (SSSR count). The van der Waals surface area contributed by atoms with Gasteiger partial charge in [-0.25, -0.2) is 13.2 Å². The van der Waals surface area contributed by atoms with Crippen LogP contribution in [0, 0.1) is 17.5 Å². The fourth-order valence-corrected chi connectivity index (χ4v) is 2.40. The number of halogens is 4. The molecule has 0 aliphatic carbocycles. The van der Waals surface area contributed by atoms with Crippen molar-refractivity contribution in [3.63, 3.8) is 0 Å². The van der Waals surface area contributed by atoms with Gasteiger partial charge < -0.3 is 4.90 Å². The zero-order valence-electron chi connectivity index (χ0n) is 10.2. The van der Waals surface area contributed by atoms with Gasteiger partial charge >= 0.3 is 0 Å². The van der Waals surface area contributed by atoms with Crippen LogP contribution in [0.3, 0.4) is 0 Å². The normalized spacial score (nSPS) is 15.4. The lowest BCUT2D eigenvalue weighted by Crippen LogP contribution is -2.23. The quantitative estimate of drug-likeness (QED) is 0.538. The molecule has 0 amide bonds. The van der Waals surface area contributed by atoms with Gasteiger partial charge in [-0.3, -0.25) is 0 Å². The summed E-state index contributed by atoms with van der Waals surface area (Å²) >= 11 is 2.14. The highest BCUT2D eigenvalue weighted by Crippen LogP contribution is 2.34. The molecular weight excluding hydrogens is 366 g/mol. The molecule has 0 saturated heterocycles. The molecule has 0 spiro atoms. The predicted octanol–water partition coefficient (Wildman–Crippen LogP) is 4.61. The largest absolute Gasteiger partial charge is 0.341 e. The molecule has 0 fully saturated rings. The Labute approximate surface area is 123 Å². The maximum atomic E-state index is 13.3. The summed E-state index contributed by atoms with van der Waals surface area (Å²) in [7, 11) is 0. The van der Waals surface area contributed by atoms with Crippen molar-refractivity contribution >= 4 is 28.3 Å². The van der Waals surface area contributed by atoms with Gasteiger partial charge in [0.15, 0.2) is 17.5 Å². The van der Waals surface area contributed by atoms with Crippen molar-refractivity contribution in [2.45, 2.75) is 6.92 Å². The maximum absolute atomic E-state index is 13.3. The third-order valence-electron chi connectivity index (χ3n) is 2.88. The molecule has 5 heteroatoms. The first-order valence-electron chi connectivity index (χ1n) is 5.65. The third kappa shape index (κ3) is 2.56. The van der Waals surface area contributed by atoms with E-state index in [1.54, 1.807) is 6.08 Å². The summed E-state index contributed by atoms with van der Waals surface area (Å²) in [5, 5.41) is 0. The van der Waals surface area contributed by atoms with E-state index in [1.165, 1.54) is 0 Å². The topological polar surface area (TPSA) is 3.24 Å². The highest BCUT2D eigenvalue weighted by molar-refractivity contribution is 14.1. The Kier molecular flexibility index (Phi) is 4.03. The van der Waals surface area contributed by atoms with Crippen molar-refractivity contribution < 1.29 is 13.2 Å². The third-order valence-corrected chi connectivity index (χ3v) is 3.86. The molecule has 0 saturated carbocycles. The SMILES string of the molecule is C=C1C(I)=CC=C(c2cc(F)c(F)c(F)c2)N1CC. The molecule has 100 valence electrons. The smallest absolute Gasteiger partial charge is 0.194 e. The number of nitrogens with zero attached hydrogens (tertiary/aromatic N) is 1. The Balaban J connectivity index is 2.54. The van der Waals surface area contributed by atoms with Crippen molar-refractivity contribution in [2.24, 2.45) is 0 Å². The second-order valence-corrected chi connectivity index (χ2v) is 5.17. The monoisotopic (exact) mass is 377 g/mol. The van der Waals surface area contributed by atoms with Gasteiger partial charge in [-0.15, -0.1) is 0 Å². The summed E-state index contributed by atoms with van der Waals surface area (Å²) in [5.74, 6) is -3.84. The molecule has 0 bridgehead atoms. The van der Waals surface area contributed by atoms with Gasteiger partial charge in [0.05, 0.1) is 0 Å². The van der Waals surface area contributed by atoms with Crippen LogP contribution in [0.2, 0.25) is 0 Å². The van der Waals surface area contributed by atoms with E-state index < -0.39 is 17.5 Å². The molecule has 1 heterocycles. The molecule has 0 aromatic heterocycles. The number of likely N-dealkylation sites (N-methyl/N-ethyl adjacent to an activating group) is 1. The Morgan fingerprint density at radius 3 is 2.26 bits per heavy atom. The van der Waals surface area contributed by atoms with E-state index in [9.17, 15) is 13.2 Å². The van der Waals surface area contributed by atoms with Gasteiger partial charge in [0.25, 0.3) is 0 Å². The minimum atomic E-state index is -1.45. The first kappa shape index (κ1) is 14.2.